The van der Waals surface area contributed by atoms with Gasteiger partial charge in [0.2, 0.25) is 0 Å². The fourth-order valence-corrected chi connectivity index (χ4v) is 3.96. The van der Waals surface area contributed by atoms with E-state index in [4.69, 9.17) is 0 Å². The monoisotopic (exact) mass is 660 g/mol. The minimum atomic E-state index is -8.92. The summed E-state index contributed by atoms with van der Waals surface area (Å²) in [7, 11) is -7.76. The number of carbonyl (C=O) groups excluding carboxylic acids is 1. The van der Waals surface area contributed by atoms with Crippen molar-refractivity contribution in [2.24, 2.45) is 0 Å². The standard InChI is InChI=1S/C8HF17O3S.C8H17OS/c9-1(10,3(13,14)5(17,18)7(21,22)23)2(11,12)4(15,16)6(19,20)8(24,25)29(26,27)28;1-4-8(9)7-10(5-2)6-3/h(H,26,27,28);4-7H2,1-3H3/q;+1/p-1. The Morgan fingerprint density at radius 1 is 0.590 bits per heavy atom. The second-order valence-electron chi connectivity index (χ2n) is 7.14. The lowest BCUT2D eigenvalue weighted by Gasteiger charge is -2.42. The van der Waals surface area contributed by atoms with Crippen LogP contribution >= 0.6 is 0 Å². The summed E-state index contributed by atoms with van der Waals surface area (Å²) in [6.45, 7) is 6.26. The first-order valence-electron chi connectivity index (χ1n) is 9.57. The van der Waals surface area contributed by atoms with Crippen molar-refractivity contribution in [1.82, 2.24) is 0 Å². The van der Waals surface area contributed by atoms with Gasteiger partial charge < -0.3 is 4.55 Å². The van der Waals surface area contributed by atoms with Gasteiger partial charge in [-0.3, -0.25) is 4.79 Å². The molecule has 0 fully saturated rings. The number of ketones is 1. The van der Waals surface area contributed by atoms with Gasteiger partial charge in [0.1, 0.15) is 11.5 Å². The average molecular weight is 660 g/mol. The summed E-state index contributed by atoms with van der Waals surface area (Å²) in [5, 5.41) is -7.95. The van der Waals surface area contributed by atoms with Crippen LogP contribution in [0.3, 0.4) is 0 Å². The molecule has 0 aliphatic rings. The van der Waals surface area contributed by atoms with Crippen LogP contribution in [0, 0.1) is 0 Å². The van der Waals surface area contributed by atoms with Crippen molar-refractivity contribution in [2.75, 3.05) is 17.3 Å². The van der Waals surface area contributed by atoms with Crippen molar-refractivity contribution in [1.29, 1.82) is 0 Å². The summed E-state index contributed by atoms with van der Waals surface area (Å²) >= 11 is 0. The third kappa shape index (κ3) is 6.80. The molecule has 0 saturated carbocycles. The topological polar surface area (TPSA) is 74.3 Å². The van der Waals surface area contributed by atoms with Crippen molar-refractivity contribution in [2.45, 2.75) is 74.2 Å². The summed E-state index contributed by atoms with van der Waals surface area (Å²) in [6, 6.07) is 0. The molecule has 0 bridgehead atoms. The van der Waals surface area contributed by atoms with Gasteiger partial charge in [-0.25, -0.2) is 8.42 Å². The molecule has 236 valence electrons. The lowest BCUT2D eigenvalue weighted by atomic mass is 9.91. The minimum Gasteiger partial charge on any atom is -0.743 e. The molecule has 0 saturated heterocycles. The van der Waals surface area contributed by atoms with Crippen LogP contribution in [0.1, 0.15) is 27.2 Å². The van der Waals surface area contributed by atoms with Gasteiger partial charge in [-0.2, -0.15) is 74.6 Å². The van der Waals surface area contributed by atoms with E-state index < -0.39 is 57.1 Å². The number of alkyl halides is 17. The zero-order valence-electron chi connectivity index (χ0n) is 19.2. The van der Waals surface area contributed by atoms with Gasteiger partial charge in [0.15, 0.2) is 21.7 Å². The van der Waals surface area contributed by atoms with E-state index in [-0.39, 0.29) is 0 Å². The Morgan fingerprint density at radius 3 is 1.10 bits per heavy atom. The van der Waals surface area contributed by atoms with Crippen LogP contribution < -0.4 is 0 Å². The van der Waals surface area contributed by atoms with E-state index in [1.54, 1.807) is 0 Å². The van der Waals surface area contributed by atoms with Crippen LogP contribution in [0.2, 0.25) is 0 Å². The van der Waals surface area contributed by atoms with E-state index in [0.29, 0.717) is 23.1 Å². The highest BCUT2D eigenvalue weighted by molar-refractivity contribution is 7.97. The Hall–Kier alpha value is -1.26. The smallest absolute Gasteiger partial charge is 0.460 e. The molecule has 0 spiro atoms. The van der Waals surface area contributed by atoms with Crippen molar-refractivity contribution < 1.29 is 92.4 Å². The quantitative estimate of drug-likeness (QED) is 0.144. The maximum absolute atomic E-state index is 13.0. The summed E-state index contributed by atoms with van der Waals surface area (Å²) in [5.41, 5.74) is 0. The van der Waals surface area contributed by atoms with Crippen LogP contribution in [-0.2, 0) is 25.8 Å². The summed E-state index contributed by atoms with van der Waals surface area (Å²) < 4.78 is 244. The van der Waals surface area contributed by atoms with Crippen LogP contribution in [0.5, 0.6) is 0 Å². The molecule has 0 aromatic rings. The summed E-state index contributed by atoms with van der Waals surface area (Å²) in [5.74, 6) is -48.6. The van der Waals surface area contributed by atoms with Gasteiger partial charge in [-0.1, -0.05) is 6.92 Å². The summed E-state index contributed by atoms with van der Waals surface area (Å²) in [4.78, 5) is 10.9. The molecule has 0 N–H and O–H groups in total. The fourth-order valence-electron chi connectivity index (χ4n) is 2.04. The zero-order valence-corrected chi connectivity index (χ0v) is 20.8. The second-order valence-corrected chi connectivity index (χ2v) is 11.2. The van der Waals surface area contributed by atoms with E-state index in [1.165, 1.54) is 11.5 Å². The normalized spacial score (nSPS) is 15.2. The maximum atomic E-state index is 13.0. The molecular weight excluding hydrogens is 643 g/mol. The van der Waals surface area contributed by atoms with Crippen LogP contribution in [0.25, 0.3) is 0 Å². The molecule has 0 aromatic carbocycles. The lowest BCUT2D eigenvalue weighted by Crippen LogP contribution is -2.75. The Morgan fingerprint density at radius 2 is 0.872 bits per heavy atom. The molecule has 0 radical (unpaired) electrons. The van der Waals surface area contributed by atoms with Gasteiger partial charge in [0.05, 0.1) is 0 Å². The molecule has 0 heterocycles. The van der Waals surface area contributed by atoms with E-state index >= 15 is 0 Å². The SMILES string of the molecule is CCC(=O)C[S+](CC)CC.O=S(=O)([O-])C(F)(F)C(F)(F)C(F)(F)C(F)(F)C(F)(F)C(F)(F)C(F)(F)C(F)(F)F. The number of hydrogen-bond acceptors (Lipinski definition) is 4. The molecular formula is C16H17F17O4S2. The third-order valence-corrected chi connectivity index (χ3v) is 7.83. The highest BCUT2D eigenvalue weighted by Crippen LogP contribution is 2.64. The number of halogens is 17. The Balaban J connectivity index is 0. The van der Waals surface area contributed by atoms with Gasteiger partial charge in [-0.05, 0) is 24.7 Å². The molecule has 0 aliphatic carbocycles. The number of rotatable bonds is 12. The molecule has 0 unspecified atom stereocenters. The first-order chi connectivity index (χ1) is 16.7. The van der Waals surface area contributed by atoms with Crippen LogP contribution in [-0.4, -0.2) is 83.0 Å². The van der Waals surface area contributed by atoms with Gasteiger partial charge in [0, 0.05) is 6.42 Å². The van der Waals surface area contributed by atoms with E-state index in [2.05, 4.69) is 13.8 Å². The van der Waals surface area contributed by atoms with Crippen LogP contribution in [0.4, 0.5) is 74.6 Å². The van der Waals surface area contributed by atoms with Crippen molar-refractivity contribution in [3.63, 3.8) is 0 Å². The Labute approximate surface area is 211 Å². The number of carbonyl (C=O) groups is 1. The number of hydrogen-bond donors (Lipinski definition) is 0. The molecule has 39 heavy (non-hydrogen) atoms. The predicted octanol–water partition coefficient (Wildman–Crippen LogP) is 6.12. The summed E-state index contributed by atoms with van der Waals surface area (Å²) in [6.07, 6.45) is -7.18. The van der Waals surface area contributed by atoms with Crippen molar-refractivity contribution in [3.05, 3.63) is 0 Å². The first kappa shape index (κ1) is 39.9. The van der Waals surface area contributed by atoms with E-state index in [1.807, 2.05) is 6.92 Å². The Bertz CT molecular complexity index is 941. The van der Waals surface area contributed by atoms with Crippen LogP contribution in [0.15, 0.2) is 0 Å². The molecule has 0 amide bonds. The van der Waals surface area contributed by atoms with E-state index in [9.17, 15) is 92.4 Å². The minimum absolute atomic E-state index is 0.382. The van der Waals surface area contributed by atoms with Crippen molar-refractivity contribution in [3.8, 4) is 0 Å². The van der Waals surface area contributed by atoms with Gasteiger partial charge >= 0.3 is 47.0 Å². The largest absolute Gasteiger partial charge is 0.743 e. The molecule has 0 aliphatic heterocycles. The Kier molecular flexibility index (Phi) is 12.2. The second kappa shape index (κ2) is 11.9. The lowest BCUT2D eigenvalue weighted by molar-refractivity contribution is -0.458. The molecule has 0 atom stereocenters. The molecule has 23 heteroatoms. The average Bonchev–Trinajstić information content (AvgIpc) is 2.75. The maximum Gasteiger partial charge on any atom is 0.460 e. The molecule has 0 aromatic heterocycles. The van der Waals surface area contributed by atoms with Gasteiger partial charge in [0.25, 0.3) is 0 Å². The van der Waals surface area contributed by atoms with Crippen molar-refractivity contribution >= 4 is 26.8 Å². The third-order valence-electron chi connectivity index (χ3n) is 4.58. The molecule has 0 rings (SSSR count). The van der Waals surface area contributed by atoms with E-state index in [0.717, 1.165) is 5.75 Å². The molecule has 4 nitrogen and oxygen atoms in total. The zero-order chi connectivity index (χ0) is 32.5. The highest BCUT2D eigenvalue weighted by atomic mass is 32.2. The number of Topliss-reactive ketones (excluding diaryl/α,β-unsaturated/α-hetero) is 1. The fraction of sp³-hybridized carbons (Fsp3) is 0.938. The highest BCUT2D eigenvalue weighted by Gasteiger charge is 2.95. The van der Waals surface area contributed by atoms with Gasteiger partial charge in [-0.15, -0.1) is 0 Å². The predicted molar refractivity (Wildman–Crippen MR) is 99.0 cm³/mol. The first-order valence-corrected chi connectivity index (χ1v) is 12.7.